The van der Waals surface area contributed by atoms with Gasteiger partial charge in [0.05, 0.1) is 23.0 Å². The third-order valence-corrected chi connectivity index (χ3v) is 6.27. The molecule has 2 N–H and O–H groups in total. The van der Waals surface area contributed by atoms with Gasteiger partial charge in [0.1, 0.15) is 5.00 Å². The number of hydrogen-bond acceptors (Lipinski definition) is 7. The van der Waals surface area contributed by atoms with Gasteiger partial charge in [-0.25, -0.2) is 4.79 Å². The maximum atomic E-state index is 12.8. The molecule has 174 valence electrons. The first-order chi connectivity index (χ1) is 15.9. The van der Waals surface area contributed by atoms with Crippen LogP contribution in [0.15, 0.2) is 42.5 Å². The number of thiophene rings is 1. The number of carbonyl (C=O) groups excluding carboxylic acids is 4. The minimum Gasteiger partial charge on any atom is -0.462 e. The molecular weight excluding hydrogens is 444 g/mol. The summed E-state index contributed by atoms with van der Waals surface area (Å²) in [7, 11) is 0. The fourth-order valence-corrected chi connectivity index (χ4v) is 4.51. The van der Waals surface area contributed by atoms with E-state index >= 15 is 0 Å². The molecule has 1 heterocycles. The Hall–Kier alpha value is -3.46. The molecule has 1 aromatic heterocycles. The van der Waals surface area contributed by atoms with E-state index in [0.29, 0.717) is 24.1 Å². The lowest BCUT2D eigenvalue weighted by Gasteiger charge is -2.16. The van der Waals surface area contributed by atoms with Crippen molar-refractivity contribution in [3.63, 3.8) is 0 Å². The highest BCUT2D eigenvalue weighted by molar-refractivity contribution is 7.19. The van der Waals surface area contributed by atoms with E-state index in [-0.39, 0.29) is 28.0 Å². The number of hydrogen-bond donors (Lipinski definition) is 2. The average molecular weight is 471 g/mol. The van der Waals surface area contributed by atoms with E-state index in [4.69, 9.17) is 9.47 Å². The largest absolute Gasteiger partial charge is 0.462 e. The summed E-state index contributed by atoms with van der Waals surface area (Å²) >= 11 is 0.964. The second-order valence-corrected chi connectivity index (χ2v) is 8.46. The molecule has 3 rings (SSSR count). The molecular formula is C24H26N2O6S. The van der Waals surface area contributed by atoms with Gasteiger partial charge < -0.3 is 20.1 Å². The summed E-state index contributed by atoms with van der Waals surface area (Å²) in [6, 6.07) is 8.89. The lowest BCUT2D eigenvalue weighted by atomic mass is 9.95. The number of nitrogens with one attached hydrogen (secondary N) is 2. The minimum absolute atomic E-state index is 0.108. The third-order valence-electron chi connectivity index (χ3n) is 5.07. The standard InChI is InChI=1S/C24H26N2O6S/c1-3-31-24(30)19-15(2)20(21(28)25-17-12-8-5-9-13-17)33-22(19)26-18(27)14-32-23(29)16-10-6-4-7-11-16/h4-6,8-9,12-13,16H,3,7,10-11,14H2,1-2H3,(H,25,28)(H,26,27). The van der Waals surface area contributed by atoms with Crippen LogP contribution in [0.1, 0.15) is 51.8 Å². The van der Waals surface area contributed by atoms with Gasteiger partial charge in [-0.1, -0.05) is 30.4 Å². The van der Waals surface area contributed by atoms with Gasteiger partial charge in [0, 0.05) is 5.69 Å². The number of carbonyl (C=O) groups is 4. The van der Waals surface area contributed by atoms with Gasteiger partial charge in [-0.05, 0) is 50.8 Å². The van der Waals surface area contributed by atoms with Crippen LogP contribution in [0.4, 0.5) is 10.7 Å². The second-order valence-electron chi connectivity index (χ2n) is 7.44. The summed E-state index contributed by atoms with van der Waals surface area (Å²) in [5.74, 6) is -2.34. The molecule has 33 heavy (non-hydrogen) atoms. The van der Waals surface area contributed by atoms with E-state index in [9.17, 15) is 19.2 Å². The van der Waals surface area contributed by atoms with Crippen LogP contribution in [0.2, 0.25) is 0 Å². The van der Waals surface area contributed by atoms with Crippen LogP contribution in [-0.4, -0.2) is 37.0 Å². The Morgan fingerprint density at radius 2 is 1.82 bits per heavy atom. The van der Waals surface area contributed by atoms with E-state index in [1.165, 1.54) is 0 Å². The molecule has 2 aromatic rings. The maximum absolute atomic E-state index is 12.8. The molecule has 9 heteroatoms. The SMILES string of the molecule is CCOC(=O)c1c(NC(=O)COC(=O)C2CC=CCC2)sc(C(=O)Nc2ccccc2)c1C. The summed E-state index contributed by atoms with van der Waals surface area (Å²) in [6.45, 7) is 2.94. The Labute approximate surface area is 196 Å². The smallest absolute Gasteiger partial charge is 0.341 e. The number of amides is 2. The first-order valence-electron chi connectivity index (χ1n) is 10.7. The van der Waals surface area contributed by atoms with Gasteiger partial charge in [0.15, 0.2) is 6.61 Å². The molecule has 1 unspecified atom stereocenters. The summed E-state index contributed by atoms with van der Waals surface area (Å²) in [5, 5.41) is 5.54. The van der Waals surface area contributed by atoms with E-state index in [1.807, 2.05) is 18.2 Å². The van der Waals surface area contributed by atoms with Gasteiger partial charge >= 0.3 is 11.9 Å². The molecule has 0 aliphatic heterocycles. The van der Waals surface area contributed by atoms with Gasteiger partial charge in [0.25, 0.3) is 11.8 Å². The van der Waals surface area contributed by atoms with Crippen LogP contribution in [-0.2, 0) is 19.1 Å². The summed E-state index contributed by atoms with van der Waals surface area (Å²) in [4.78, 5) is 50.3. The normalized spacial score (nSPS) is 14.9. The topological polar surface area (TPSA) is 111 Å². The van der Waals surface area contributed by atoms with Crippen LogP contribution in [0.25, 0.3) is 0 Å². The number of benzene rings is 1. The van der Waals surface area contributed by atoms with Crippen molar-refractivity contribution in [2.24, 2.45) is 5.92 Å². The fourth-order valence-electron chi connectivity index (χ4n) is 3.40. The molecule has 1 atom stereocenters. The van der Waals surface area contributed by atoms with Crippen molar-refractivity contribution in [1.29, 1.82) is 0 Å². The van der Waals surface area contributed by atoms with E-state index in [0.717, 1.165) is 17.8 Å². The molecule has 0 saturated carbocycles. The highest BCUT2D eigenvalue weighted by atomic mass is 32.1. The lowest BCUT2D eigenvalue weighted by molar-refractivity contribution is -0.151. The van der Waals surface area contributed by atoms with Crippen LogP contribution in [0.5, 0.6) is 0 Å². The molecule has 0 radical (unpaired) electrons. The fraction of sp³-hybridized carbons (Fsp3) is 0.333. The van der Waals surface area contributed by atoms with E-state index in [1.54, 1.807) is 38.1 Å². The van der Waals surface area contributed by atoms with Gasteiger partial charge in [-0.3, -0.25) is 14.4 Å². The number of rotatable bonds is 8. The average Bonchev–Trinajstić information content (AvgIpc) is 3.14. The molecule has 2 amide bonds. The van der Waals surface area contributed by atoms with Crippen molar-refractivity contribution in [3.05, 3.63) is 58.5 Å². The van der Waals surface area contributed by atoms with Gasteiger partial charge in [-0.15, -0.1) is 11.3 Å². The number of para-hydroxylation sites is 1. The maximum Gasteiger partial charge on any atom is 0.341 e. The second kappa shape index (κ2) is 11.4. The Kier molecular flexibility index (Phi) is 8.37. The quantitative estimate of drug-likeness (QED) is 0.439. The van der Waals surface area contributed by atoms with Crippen LogP contribution >= 0.6 is 11.3 Å². The van der Waals surface area contributed by atoms with Crippen molar-refractivity contribution in [2.75, 3.05) is 23.8 Å². The summed E-state index contributed by atoms with van der Waals surface area (Å²) < 4.78 is 10.3. The number of ether oxygens (including phenoxy) is 2. The first-order valence-corrected chi connectivity index (χ1v) is 11.5. The van der Waals surface area contributed by atoms with E-state index < -0.39 is 30.4 Å². The highest BCUT2D eigenvalue weighted by Gasteiger charge is 2.27. The zero-order chi connectivity index (χ0) is 23.8. The lowest BCUT2D eigenvalue weighted by Crippen LogP contribution is -2.25. The van der Waals surface area contributed by atoms with Crippen molar-refractivity contribution in [1.82, 2.24) is 0 Å². The molecule has 0 fully saturated rings. The van der Waals surface area contributed by atoms with Crippen molar-refractivity contribution in [2.45, 2.75) is 33.1 Å². The van der Waals surface area contributed by atoms with Crippen molar-refractivity contribution < 1.29 is 28.7 Å². The zero-order valence-corrected chi connectivity index (χ0v) is 19.3. The number of anilines is 2. The summed E-state index contributed by atoms with van der Waals surface area (Å²) in [6.07, 6.45) is 6.03. The Morgan fingerprint density at radius 3 is 2.48 bits per heavy atom. The van der Waals surface area contributed by atoms with Crippen LogP contribution < -0.4 is 10.6 Å². The molecule has 8 nitrogen and oxygen atoms in total. The minimum atomic E-state index is -0.647. The Bertz CT molecular complexity index is 1060. The molecule has 0 bridgehead atoms. The van der Waals surface area contributed by atoms with Crippen molar-refractivity contribution in [3.8, 4) is 0 Å². The summed E-state index contributed by atoms with van der Waals surface area (Å²) in [5.41, 5.74) is 1.10. The number of allylic oxidation sites excluding steroid dienone is 2. The monoisotopic (exact) mass is 470 g/mol. The predicted molar refractivity (Wildman–Crippen MR) is 125 cm³/mol. The predicted octanol–water partition coefficient (Wildman–Crippen LogP) is 4.32. The first kappa shape index (κ1) is 24.2. The molecule has 0 spiro atoms. The molecule has 0 saturated heterocycles. The Morgan fingerprint density at radius 1 is 1.06 bits per heavy atom. The van der Waals surface area contributed by atoms with E-state index in [2.05, 4.69) is 10.6 Å². The van der Waals surface area contributed by atoms with Crippen molar-refractivity contribution >= 4 is 45.8 Å². The molecule has 1 aliphatic rings. The van der Waals surface area contributed by atoms with Crippen LogP contribution in [0, 0.1) is 12.8 Å². The zero-order valence-electron chi connectivity index (χ0n) is 18.5. The molecule has 1 aromatic carbocycles. The van der Waals surface area contributed by atoms with Gasteiger partial charge in [0.2, 0.25) is 0 Å². The Balaban J connectivity index is 1.73. The molecule has 1 aliphatic carbocycles. The number of esters is 2. The highest BCUT2D eigenvalue weighted by Crippen LogP contribution is 2.34. The van der Waals surface area contributed by atoms with Crippen LogP contribution in [0.3, 0.4) is 0 Å². The third kappa shape index (κ3) is 6.29. The van der Waals surface area contributed by atoms with Gasteiger partial charge in [-0.2, -0.15) is 0 Å².